The van der Waals surface area contributed by atoms with E-state index in [0.717, 1.165) is 30.6 Å². The van der Waals surface area contributed by atoms with Gasteiger partial charge < -0.3 is 4.90 Å². The summed E-state index contributed by atoms with van der Waals surface area (Å²) in [7, 11) is 0. The number of amides is 4. The number of hydrogen-bond acceptors (Lipinski definition) is 4. The summed E-state index contributed by atoms with van der Waals surface area (Å²) >= 11 is 0. The molecule has 6 heteroatoms. The summed E-state index contributed by atoms with van der Waals surface area (Å²) in [5.41, 5.74) is 0.947. The lowest BCUT2D eigenvalue weighted by molar-refractivity contribution is -0.161. The molecule has 0 radical (unpaired) electrons. The van der Waals surface area contributed by atoms with Gasteiger partial charge in [-0.25, -0.2) is 4.79 Å². The second-order valence-corrected chi connectivity index (χ2v) is 9.53. The van der Waals surface area contributed by atoms with E-state index < -0.39 is 11.4 Å². The smallest absolute Gasteiger partial charge is 0.333 e. The van der Waals surface area contributed by atoms with Crippen molar-refractivity contribution in [2.45, 2.75) is 53.0 Å². The van der Waals surface area contributed by atoms with Gasteiger partial charge in [0.2, 0.25) is 11.8 Å². The number of carbonyl (C=O) groups is 3. The second kappa shape index (κ2) is 7.15. The van der Waals surface area contributed by atoms with Crippen LogP contribution in [0.3, 0.4) is 0 Å². The van der Waals surface area contributed by atoms with E-state index in [4.69, 9.17) is 0 Å². The predicted molar refractivity (Wildman–Crippen MR) is 111 cm³/mol. The lowest BCUT2D eigenvalue weighted by Gasteiger charge is -2.52. The zero-order valence-electron chi connectivity index (χ0n) is 17.9. The van der Waals surface area contributed by atoms with Crippen molar-refractivity contribution in [3.8, 4) is 0 Å². The molecule has 0 N–H and O–H groups in total. The zero-order chi connectivity index (χ0) is 20.9. The van der Waals surface area contributed by atoms with Gasteiger partial charge in [0.15, 0.2) is 5.41 Å². The van der Waals surface area contributed by atoms with Gasteiger partial charge in [-0.2, -0.15) is 0 Å². The number of barbiturate groups is 1. The first-order valence-corrected chi connectivity index (χ1v) is 10.8. The van der Waals surface area contributed by atoms with Crippen molar-refractivity contribution in [2.75, 3.05) is 24.5 Å². The third-order valence-electron chi connectivity index (χ3n) is 6.40. The Morgan fingerprint density at radius 3 is 2.14 bits per heavy atom. The molecule has 1 aromatic carbocycles. The van der Waals surface area contributed by atoms with E-state index >= 15 is 0 Å². The van der Waals surface area contributed by atoms with Gasteiger partial charge >= 0.3 is 6.03 Å². The van der Waals surface area contributed by atoms with E-state index in [0.29, 0.717) is 19.5 Å². The van der Waals surface area contributed by atoms with Crippen molar-refractivity contribution < 1.29 is 14.4 Å². The summed E-state index contributed by atoms with van der Waals surface area (Å²) in [5.74, 6) is -0.311. The monoisotopic (exact) mass is 397 g/mol. The second-order valence-electron chi connectivity index (χ2n) is 9.53. The lowest BCUT2D eigenvalue weighted by Crippen LogP contribution is -2.72. The van der Waals surface area contributed by atoms with Crippen molar-refractivity contribution >= 4 is 23.5 Å². The highest BCUT2D eigenvalue weighted by Crippen LogP contribution is 2.49. The Morgan fingerprint density at radius 1 is 0.966 bits per heavy atom. The van der Waals surface area contributed by atoms with Crippen molar-refractivity contribution in [3.63, 3.8) is 0 Å². The molecule has 3 heterocycles. The highest BCUT2D eigenvalue weighted by molar-refractivity contribution is 6.20. The average Bonchev–Trinajstić information content (AvgIpc) is 3.17. The molecule has 4 rings (SSSR count). The molecule has 3 aliphatic heterocycles. The van der Waals surface area contributed by atoms with Crippen LogP contribution in [0.5, 0.6) is 0 Å². The molecule has 1 spiro atoms. The van der Waals surface area contributed by atoms with E-state index in [2.05, 4.69) is 11.0 Å². The van der Waals surface area contributed by atoms with E-state index in [1.807, 2.05) is 45.9 Å². The molecule has 0 aliphatic carbocycles. The minimum absolute atomic E-state index is 0.143. The molecule has 1 atom stereocenters. The van der Waals surface area contributed by atoms with Gasteiger partial charge in [0, 0.05) is 25.3 Å². The molecular weight excluding hydrogens is 366 g/mol. The van der Waals surface area contributed by atoms with Crippen LogP contribution in [0.1, 0.15) is 46.1 Å². The largest absolute Gasteiger partial charge is 0.367 e. The summed E-state index contributed by atoms with van der Waals surface area (Å²) in [6.07, 6.45) is 2.12. The van der Waals surface area contributed by atoms with E-state index in [9.17, 15) is 14.4 Å². The van der Waals surface area contributed by atoms with Gasteiger partial charge in [-0.3, -0.25) is 19.4 Å². The Morgan fingerprint density at radius 2 is 1.55 bits per heavy atom. The van der Waals surface area contributed by atoms with E-state index in [1.54, 1.807) is 0 Å². The number of rotatable bonds is 4. The van der Waals surface area contributed by atoms with Gasteiger partial charge in [0.25, 0.3) is 0 Å². The van der Waals surface area contributed by atoms with Crippen LogP contribution in [0.2, 0.25) is 0 Å². The maximum Gasteiger partial charge on any atom is 0.333 e. The van der Waals surface area contributed by atoms with Crippen molar-refractivity contribution in [1.29, 1.82) is 0 Å². The molecule has 156 valence electrons. The van der Waals surface area contributed by atoms with Gasteiger partial charge in [0.1, 0.15) is 0 Å². The molecule has 0 aromatic heterocycles. The van der Waals surface area contributed by atoms with Crippen LogP contribution in [0.4, 0.5) is 10.5 Å². The Hall–Kier alpha value is -2.37. The van der Waals surface area contributed by atoms with Gasteiger partial charge in [-0.1, -0.05) is 45.9 Å². The fourth-order valence-corrected chi connectivity index (χ4v) is 5.31. The molecule has 0 unspecified atom stereocenters. The summed E-state index contributed by atoms with van der Waals surface area (Å²) in [4.78, 5) is 45.9. The number of imide groups is 2. The maximum absolute atomic E-state index is 13.9. The van der Waals surface area contributed by atoms with Crippen LogP contribution in [-0.4, -0.2) is 53.3 Å². The first-order valence-electron chi connectivity index (χ1n) is 10.8. The normalized spacial score (nSPS) is 23.4. The molecule has 0 bridgehead atoms. The number of hydrogen-bond donors (Lipinski definition) is 0. The zero-order valence-corrected chi connectivity index (χ0v) is 17.9. The molecule has 3 aliphatic rings. The number of fused-ring (bicyclic) bond motifs is 4. The standard InChI is InChI=1S/C23H31N3O3/c1-15(2)13-25-20(27)23(21(28)26(22(25)29)14-16(3)4)12-17-8-5-6-9-18(17)24-11-7-10-19(23)24/h5-6,8-9,15-16,19H,7,10-14H2,1-4H3/t19-/m1/s1. The minimum atomic E-state index is -1.21. The predicted octanol–water partition coefficient (Wildman–Crippen LogP) is 3.30. The quantitative estimate of drug-likeness (QED) is 0.732. The average molecular weight is 398 g/mol. The van der Waals surface area contributed by atoms with Crippen molar-refractivity contribution in [2.24, 2.45) is 17.3 Å². The van der Waals surface area contributed by atoms with Gasteiger partial charge in [0.05, 0.1) is 6.04 Å². The fourth-order valence-electron chi connectivity index (χ4n) is 5.31. The van der Waals surface area contributed by atoms with E-state index in [1.165, 1.54) is 9.80 Å². The number of urea groups is 1. The number of benzene rings is 1. The third kappa shape index (κ3) is 2.95. The van der Waals surface area contributed by atoms with Gasteiger partial charge in [-0.05, 0) is 42.7 Å². The fraction of sp³-hybridized carbons (Fsp3) is 0.609. The number of nitrogens with zero attached hydrogens (tertiary/aromatic N) is 3. The minimum Gasteiger partial charge on any atom is -0.367 e. The number of carbonyl (C=O) groups excluding carboxylic acids is 3. The summed E-state index contributed by atoms with van der Waals surface area (Å²) < 4.78 is 0. The van der Waals surface area contributed by atoms with E-state index in [-0.39, 0.29) is 29.7 Å². The summed E-state index contributed by atoms with van der Waals surface area (Å²) in [6, 6.07) is 7.44. The van der Waals surface area contributed by atoms with Crippen LogP contribution >= 0.6 is 0 Å². The third-order valence-corrected chi connectivity index (χ3v) is 6.40. The van der Waals surface area contributed by atoms with Crippen molar-refractivity contribution in [1.82, 2.24) is 9.80 Å². The van der Waals surface area contributed by atoms with Crippen LogP contribution < -0.4 is 4.90 Å². The molecule has 2 saturated heterocycles. The van der Waals surface area contributed by atoms with Crippen LogP contribution in [0, 0.1) is 17.3 Å². The topological polar surface area (TPSA) is 60.9 Å². The Balaban J connectivity index is 1.86. The highest BCUT2D eigenvalue weighted by atomic mass is 16.2. The molecule has 2 fully saturated rings. The number of anilines is 1. The molecule has 29 heavy (non-hydrogen) atoms. The molecule has 6 nitrogen and oxygen atoms in total. The van der Waals surface area contributed by atoms with Crippen LogP contribution in [0.25, 0.3) is 0 Å². The number of para-hydroxylation sites is 1. The molecule has 4 amide bonds. The Labute approximate surface area is 172 Å². The summed E-state index contributed by atoms with van der Waals surface area (Å²) in [6.45, 7) is 9.50. The molecule has 0 saturated carbocycles. The Kier molecular flexibility index (Phi) is 4.91. The first kappa shape index (κ1) is 19.9. The summed E-state index contributed by atoms with van der Waals surface area (Å²) in [5, 5.41) is 0. The maximum atomic E-state index is 13.9. The van der Waals surface area contributed by atoms with Crippen molar-refractivity contribution in [3.05, 3.63) is 29.8 Å². The first-order chi connectivity index (χ1) is 13.8. The lowest BCUT2D eigenvalue weighted by atomic mass is 9.68. The molecule has 1 aromatic rings. The van der Waals surface area contributed by atoms with Gasteiger partial charge in [-0.15, -0.1) is 0 Å². The highest BCUT2D eigenvalue weighted by Gasteiger charge is 2.64. The Bertz CT molecular complexity index is 816. The van der Waals surface area contributed by atoms with Crippen LogP contribution in [-0.2, 0) is 16.0 Å². The molecular formula is C23H31N3O3. The van der Waals surface area contributed by atoms with Crippen LogP contribution in [0.15, 0.2) is 24.3 Å². The SMILES string of the molecule is CC(C)CN1C(=O)N(CC(C)C)C(=O)C2(Cc3ccccc3N3CCC[C@@H]32)C1=O.